The molecule has 0 aliphatic heterocycles. The number of allylic oxidation sites excluding steroid dienone is 7. The molecule has 0 saturated heterocycles. The van der Waals surface area contributed by atoms with Crippen LogP contribution in [0.2, 0.25) is 0 Å². The Kier molecular flexibility index (Phi) is 9.88. The van der Waals surface area contributed by atoms with Crippen LogP contribution in [0.3, 0.4) is 0 Å². The van der Waals surface area contributed by atoms with E-state index in [-0.39, 0.29) is 0 Å². The summed E-state index contributed by atoms with van der Waals surface area (Å²) in [5, 5.41) is 2.51. The zero-order valence-electron chi connectivity index (χ0n) is 34.6. The monoisotopic (exact) mass is 794 g/mol. The van der Waals surface area contributed by atoms with Crippen molar-refractivity contribution >= 4 is 33.1 Å². The second-order valence-electron chi connectivity index (χ2n) is 16.3. The van der Waals surface area contributed by atoms with Crippen LogP contribution in [0, 0.1) is 0 Å². The molecule has 2 nitrogen and oxygen atoms in total. The largest absolute Gasteiger partial charge is 0.314 e. The third-order valence-electron chi connectivity index (χ3n) is 12.6. The van der Waals surface area contributed by atoms with E-state index >= 15 is 0 Å². The molecular weight excluding hydrogens is 749 g/mol. The Hall–Kier alpha value is -7.68. The number of nitrogens with zero attached hydrogens (tertiary/aromatic N) is 2. The molecule has 2 aliphatic carbocycles. The SMILES string of the molecule is C1=CC(c2ccccc2)=C(N(C2=CCC(c3ccc(-c4ccccc4)cc3)C=C2)c2cccc(-c3cc(-c4ccccc4)cc4c3c3ccccc3n4-c3ccccc3)c2)CC1. The standard InChI is InChI=1S/C60H46N2/c1-5-18-43(19-6-1)45-32-34-46(35-33-45)47-36-38-52(39-37-47)61(57-30-15-13-28-54(57)48-22-9-3-10-23-48)53-27-17-24-49(40-53)56-41-50(44-20-7-2-8-21-44)42-59-60(56)55-29-14-16-31-58(55)62(59)51-25-11-4-12-26-51/h1-14,16-29,31-36,38-42,47H,15,30,37H2. The second-order valence-corrected chi connectivity index (χ2v) is 16.3. The summed E-state index contributed by atoms with van der Waals surface area (Å²) in [6, 6.07) is 75.2. The van der Waals surface area contributed by atoms with Crippen molar-refractivity contribution in [2.75, 3.05) is 4.90 Å². The van der Waals surface area contributed by atoms with Crippen molar-refractivity contribution in [1.82, 2.24) is 4.57 Å². The van der Waals surface area contributed by atoms with Gasteiger partial charge in [-0.1, -0.05) is 188 Å². The molecule has 11 rings (SSSR count). The van der Waals surface area contributed by atoms with Gasteiger partial charge >= 0.3 is 0 Å². The zero-order chi connectivity index (χ0) is 41.2. The van der Waals surface area contributed by atoms with Crippen LogP contribution in [0.4, 0.5) is 5.69 Å². The molecule has 0 N–H and O–H groups in total. The molecule has 1 aromatic heterocycles. The Bertz CT molecular complexity index is 3170. The molecule has 0 saturated carbocycles. The van der Waals surface area contributed by atoms with Crippen molar-refractivity contribution in [3.63, 3.8) is 0 Å². The highest BCUT2D eigenvalue weighted by Crippen LogP contribution is 2.44. The van der Waals surface area contributed by atoms with Gasteiger partial charge in [0.1, 0.15) is 0 Å². The molecule has 2 aliphatic rings. The lowest BCUT2D eigenvalue weighted by Crippen LogP contribution is -2.24. The van der Waals surface area contributed by atoms with Gasteiger partial charge in [0.2, 0.25) is 0 Å². The Morgan fingerprint density at radius 2 is 1.11 bits per heavy atom. The normalized spacial score (nSPS) is 15.0. The number of fused-ring (bicyclic) bond motifs is 3. The predicted molar refractivity (Wildman–Crippen MR) is 262 cm³/mol. The average molecular weight is 795 g/mol. The van der Waals surface area contributed by atoms with E-state index in [0.717, 1.165) is 30.6 Å². The molecule has 1 heterocycles. The number of hydrogen-bond acceptors (Lipinski definition) is 1. The summed E-state index contributed by atoms with van der Waals surface area (Å²) in [5.74, 6) is 0.307. The molecule has 2 heteroatoms. The second kappa shape index (κ2) is 16.4. The summed E-state index contributed by atoms with van der Waals surface area (Å²) in [6.45, 7) is 0. The number of hydrogen-bond donors (Lipinski definition) is 0. The molecule has 0 bridgehead atoms. The van der Waals surface area contributed by atoms with E-state index in [2.05, 4.69) is 246 Å². The maximum absolute atomic E-state index is 2.55. The molecule has 0 fully saturated rings. The third-order valence-corrected chi connectivity index (χ3v) is 12.6. The summed E-state index contributed by atoms with van der Waals surface area (Å²) in [4.78, 5) is 2.55. The number of rotatable bonds is 9. The lowest BCUT2D eigenvalue weighted by Gasteiger charge is -2.34. The highest BCUT2D eigenvalue weighted by molar-refractivity contribution is 6.17. The van der Waals surface area contributed by atoms with Gasteiger partial charge in [-0.25, -0.2) is 0 Å². The molecule has 1 unspecified atom stereocenters. The van der Waals surface area contributed by atoms with Gasteiger partial charge in [-0.2, -0.15) is 0 Å². The van der Waals surface area contributed by atoms with Crippen molar-refractivity contribution in [2.45, 2.75) is 25.2 Å². The Balaban J connectivity index is 1.07. The van der Waals surface area contributed by atoms with Crippen LogP contribution in [0.5, 0.6) is 0 Å². The van der Waals surface area contributed by atoms with E-state index in [0.29, 0.717) is 5.92 Å². The van der Waals surface area contributed by atoms with Crippen molar-refractivity contribution in [2.24, 2.45) is 0 Å². The first kappa shape index (κ1) is 37.3. The van der Waals surface area contributed by atoms with E-state index < -0.39 is 0 Å². The number of anilines is 1. The van der Waals surface area contributed by atoms with E-state index in [9.17, 15) is 0 Å². The van der Waals surface area contributed by atoms with E-state index in [1.165, 1.54) is 83.3 Å². The lowest BCUT2D eigenvalue weighted by molar-refractivity contribution is 0.827. The minimum absolute atomic E-state index is 0.307. The first-order chi connectivity index (χ1) is 30.8. The van der Waals surface area contributed by atoms with Gasteiger partial charge in [-0.3, -0.25) is 0 Å². The summed E-state index contributed by atoms with van der Waals surface area (Å²) in [6.07, 6.45) is 14.8. The Morgan fingerprint density at radius 3 is 1.82 bits per heavy atom. The Morgan fingerprint density at radius 1 is 0.484 bits per heavy atom. The molecule has 62 heavy (non-hydrogen) atoms. The maximum atomic E-state index is 2.55. The quantitative estimate of drug-likeness (QED) is 0.141. The molecule has 0 amide bonds. The molecule has 0 spiro atoms. The van der Waals surface area contributed by atoms with Crippen LogP contribution in [0.25, 0.3) is 66.4 Å². The van der Waals surface area contributed by atoms with Crippen molar-refractivity contribution in [3.8, 4) is 39.1 Å². The van der Waals surface area contributed by atoms with Crippen LogP contribution in [0.1, 0.15) is 36.3 Å². The van der Waals surface area contributed by atoms with Crippen molar-refractivity contribution < 1.29 is 0 Å². The maximum Gasteiger partial charge on any atom is 0.0553 e. The minimum Gasteiger partial charge on any atom is -0.314 e. The Labute approximate surface area is 364 Å². The fraction of sp³-hybridized carbons (Fsp3) is 0.0667. The molecule has 8 aromatic carbocycles. The van der Waals surface area contributed by atoms with E-state index in [4.69, 9.17) is 0 Å². The van der Waals surface area contributed by atoms with Crippen LogP contribution < -0.4 is 4.90 Å². The van der Waals surface area contributed by atoms with Gasteiger partial charge in [-0.15, -0.1) is 0 Å². The number of benzene rings is 8. The summed E-state index contributed by atoms with van der Waals surface area (Å²) in [7, 11) is 0. The zero-order valence-corrected chi connectivity index (χ0v) is 34.6. The fourth-order valence-corrected chi connectivity index (χ4v) is 9.59. The summed E-state index contributed by atoms with van der Waals surface area (Å²) in [5.41, 5.74) is 18.4. The summed E-state index contributed by atoms with van der Waals surface area (Å²) < 4.78 is 2.44. The molecule has 1 atom stereocenters. The van der Waals surface area contributed by atoms with Crippen LogP contribution in [-0.2, 0) is 0 Å². The summed E-state index contributed by atoms with van der Waals surface area (Å²) >= 11 is 0. The fourth-order valence-electron chi connectivity index (χ4n) is 9.59. The third kappa shape index (κ3) is 7.00. The van der Waals surface area contributed by atoms with Gasteiger partial charge in [0.05, 0.1) is 11.0 Å². The van der Waals surface area contributed by atoms with Gasteiger partial charge in [-0.05, 0) is 112 Å². The molecule has 296 valence electrons. The first-order valence-electron chi connectivity index (χ1n) is 21.8. The van der Waals surface area contributed by atoms with E-state index in [1.807, 2.05) is 0 Å². The molecular formula is C60H46N2. The minimum atomic E-state index is 0.307. The van der Waals surface area contributed by atoms with Gasteiger partial charge in [0.25, 0.3) is 0 Å². The topological polar surface area (TPSA) is 8.17 Å². The van der Waals surface area contributed by atoms with Crippen LogP contribution in [-0.4, -0.2) is 4.57 Å². The van der Waals surface area contributed by atoms with Crippen LogP contribution >= 0.6 is 0 Å². The van der Waals surface area contributed by atoms with Gasteiger partial charge in [0, 0.05) is 45.0 Å². The molecule has 9 aromatic rings. The first-order valence-corrected chi connectivity index (χ1v) is 21.8. The van der Waals surface area contributed by atoms with Crippen molar-refractivity contribution in [3.05, 3.63) is 259 Å². The van der Waals surface area contributed by atoms with E-state index in [1.54, 1.807) is 0 Å². The predicted octanol–water partition coefficient (Wildman–Crippen LogP) is 16.0. The highest BCUT2D eigenvalue weighted by atomic mass is 15.2. The number of para-hydroxylation sites is 2. The van der Waals surface area contributed by atoms with Gasteiger partial charge in [0.15, 0.2) is 0 Å². The van der Waals surface area contributed by atoms with Crippen LogP contribution in [0.15, 0.2) is 248 Å². The highest BCUT2D eigenvalue weighted by Gasteiger charge is 2.25. The average Bonchev–Trinajstić information content (AvgIpc) is 3.70. The van der Waals surface area contributed by atoms with Crippen molar-refractivity contribution in [1.29, 1.82) is 0 Å². The molecule has 0 radical (unpaired) electrons. The lowest BCUT2D eigenvalue weighted by atomic mass is 9.89. The van der Waals surface area contributed by atoms with Gasteiger partial charge < -0.3 is 9.47 Å². The number of aromatic nitrogens is 1. The smallest absolute Gasteiger partial charge is 0.0553 e.